The van der Waals surface area contributed by atoms with Crippen molar-refractivity contribution in [3.05, 3.63) is 91.8 Å². The lowest BCUT2D eigenvalue weighted by atomic mass is 10.0. The van der Waals surface area contributed by atoms with Gasteiger partial charge in [0.2, 0.25) is 0 Å². The molecule has 0 radical (unpaired) electrons. The normalized spacial score (nSPS) is 17.4. The van der Waals surface area contributed by atoms with Crippen LogP contribution >= 0.6 is 39.1 Å². The molecule has 0 aliphatic carbocycles. The molecule has 0 unspecified atom stereocenters. The van der Waals surface area contributed by atoms with Gasteiger partial charge in [-0.2, -0.15) is 0 Å². The van der Waals surface area contributed by atoms with E-state index in [9.17, 15) is 9.18 Å². The number of carbonyl (C=O) groups is 1. The van der Waals surface area contributed by atoms with Gasteiger partial charge in [-0.3, -0.25) is 14.6 Å². The van der Waals surface area contributed by atoms with Gasteiger partial charge in [0, 0.05) is 68.0 Å². The number of anilines is 1. The van der Waals surface area contributed by atoms with Crippen LogP contribution in [0.15, 0.2) is 59.2 Å². The average molecular weight is 637 g/mol. The minimum atomic E-state index is -0.218. The van der Waals surface area contributed by atoms with Crippen molar-refractivity contribution in [2.45, 2.75) is 32.0 Å². The number of nitrogens with zero attached hydrogens (tertiary/aromatic N) is 4. The second-order valence-electron chi connectivity index (χ2n) is 10.1. The molecule has 2 saturated heterocycles. The van der Waals surface area contributed by atoms with E-state index in [1.807, 2.05) is 24.3 Å². The predicted octanol–water partition coefficient (Wildman–Crippen LogP) is 6.25. The zero-order valence-corrected chi connectivity index (χ0v) is 24.7. The highest BCUT2D eigenvalue weighted by Crippen LogP contribution is 2.27. The Balaban J connectivity index is 0.00000370. The first-order valence-corrected chi connectivity index (χ1v) is 14.7. The van der Waals surface area contributed by atoms with Crippen molar-refractivity contribution >= 4 is 50.9 Å². The molecule has 0 bridgehead atoms. The monoisotopic (exact) mass is 635 g/mol. The standard InChI is InChI=1S/C29H31BrCl2FN5O.H2/c30-23-4-3-21(27(33)16-23)19-36-9-7-25(8-10-36)37-11-13-38(14-12-37)28-26(32)15-22(18-34-28)29(39)35-17-20-1-5-24(31)6-2-20;/h1-6,15-16,18,25H,7-14,17,19H2,(H,35,39);1H. The van der Waals surface area contributed by atoms with Crippen molar-refractivity contribution < 1.29 is 10.6 Å². The summed E-state index contributed by atoms with van der Waals surface area (Å²) in [6.45, 7) is 6.53. The molecule has 10 heteroatoms. The largest absolute Gasteiger partial charge is 0.353 e. The number of aromatic nitrogens is 1. The summed E-state index contributed by atoms with van der Waals surface area (Å²) in [7, 11) is 0. The zero-order valence-electron chi connectivity index (χ0n) is 21.6. The highest BCUT2D eigenvalue weighted by molar-refractivity contribution is 9.10. The number of nitrogens with one attached hydrogen (secondary N) is 1. The van der Waals surface area contributed by atoms with E-state index in [1.54, 1.807) is 24.4 Å². The fraction of sp³-hybridized carbons (Fsp3) is 0.379. The van der Waals surface area contributed by atoms with Gasteiger partial charge in [-0.15, -0.1) is 0 Å². The molecule has 6 nitrogen and oxygen atoms in total. The SMILES string of the molecule is O=C(NCc1ccc(Cl)cc1)c1cnc(N2CCN(C3CCN(Cc4ccc(Br)cc4F)CC3)CC2)c(Cl)c1.[HH]. The summed E-state index contributed by atoms with van der Waals surface area (Å²) < 4.78 is 15.0. The maximum absolute atomic E-state index is 14.2. The van der Waals surface area contributed by atoms with Crippen LogP contribution in [0.5, 0.6) is 0 Å². The van der Waals surface area contributed by atoms with Crippen molar-refractivity contribution in [1.82, 2.24) is 20.1 Å². The third kappa shape index (κ3) is 7.30. The Morgan fingerprint density at radius 2 is 1.74 bits per heavy atom. The smallest absolute Gasteiger partial charge is 0.253 e. The minimum absolute atomic E-state index is 0. The maximum atomic E-state index is 14.2. The second kappa shape index (κ2) is 13.0. The van der Waals surface area contributed by atoms with Gasteiger partial charge in [0.05, 0.1) is 10.6 Å². The van der Waals surface area contributed by atoms with Crippen LogP contribution < -0.4 is 10.2 Å². The summed E-state index contributed by atoms with van der Waals surface area (Å²) in [5.41, 5.74) is 2.15. The van der Waals surface area contributed by atoms with E-state index in [2.05, 4.69) is 40.9 Å². The van der Waals surface area contributed by atoms with Crippen LogP contribution in [0.2, 0.25) is 10.0 Å². The van der Waals surface area contributed by atoms with E-state index in [4.69, 9.17) is 23.2 Å². The lowest BCUT2D eigenvalue weighted by Gasteiger charge is -2.43. The van der Waals surface area contributed by atoms with E-state index >= 15 is 0 Å². The molecule has 1 aromatic heterocycles. The summed E-state index contributed by atoms with van der Waals surface area (Å²) in [6.07, 6.45) is 3.75. The number of benzene rings is 2. The molecule has 5 rings (SSSR count). The zero-order chi connectivity index (χ0) is 27.4. The van der Waals surface area contributed by atoms with Crippen molar-refractivity contribution in [2.24, 2.45) is 0 Å². The first-order chi connectivity index (χ1) is 18.9. The van der Waals surface area contributed by atoms with E-state index < -0.39 is 0 Å². The number of carbonyl (C=O) groups excluding carboxylic acids is 1. The first kappa shape index (κ1) is 28.3. The molecular formula is C29H33BrCl2FN5O. The number of rotatable bonds is 7. The van der Waals surface area contributed by atoms with Crippen molar-refractivity contribution in [3.63, 3.8) is 0 Å². The van der Waals surface area contributed by atoms with Gasteiger partial charge in [-0.1, -0.05) is 57.3 Å². The van der Waals surface area contributed by atoms with E-state index in [0.717, 1.165) is 73.5 Å². The Morgan fingerprint density at radius 1 is 1.03 bits per heavy atom. The number of piperidine rings is 1. The highest BCUT2D eigenvalue weighted by Gasteiger charge is 2.29. The molecule has 208 valence electrons. The number of halogens is 4. The van der Waals surface area contributed by atoms with Crippen LogP contribution in [0.25, 0.3) is 0 Å². The molecule has 0 atom stereocenters. The maximum Gasteiger partial charge on any atom is 0.253 e. The summed E-state index contributed by atoms with van der Waals surface area (Å²) in [5.74, 6) is 0.350. The molecule has 2 aromatic carbocycles. The fourth-order valence-corrected chi connectivity index (χ4v) is 6.05. The molecule has 39 heavy (non-hydrogen) atoms. The summed E-state index contributed by atoms with van der Waals surface area (Å²) >= 11 is 15.8. The highest BCUT2D eigenvalue weighted by atomic mass is 79.9. The topological polar surface area (TPSA) is 51.7 Å². The lowest BCUT2D eigenvalue weighted by molar-refractivity contribution is 0.0950. The molecule has 2 fully saturated rings. The molecular weight excluding hydrogens is 604 g/mol. The van der Waals surface area contributed by atoms with Gasteiger partial charge >= 0.3 is 0 Å². The number of amides is 1. The van der Waals surface area contributed by atoms with Gasteiger partial charge in [0.25, 0.3) is 5.91 Å². The predicted molar refractivity (Wildman–Crippen MR) is 160 cm³/mol. The van der Waals surface area contributed by atoms with Crippen molar-refractivity contribution in [3.8, 4) is 0 Å². The van der Waals surface area contributed by atoms with Gasteiger partial charge < -0.3 is 10.2 Å². The molecule has 0 saturated carbocycles. The number of hydrogen-bond donors (Lipinski definition) is 1. The Bertz CT molecular complexity index is 1300. The Kier molecular flexibility index (Phi) is 9.40. The van der Waals surface area contributed by atoms with Crippen LogP contribution in [-0.4, -0.2) is 66.0 Å². The van der Waals surface area contributed by atoms with Crippen molar-refractivity contribution in [1.29, 1.82) is 0 Å². The molecule has 2 aliphatic rings. The average Bonchev–Trinajstić information content (AvgIpc) is 2.94. The van der Waals surface area contributed by atoms with E-state index in [1.165, 1.54) is 6.07 Å². The third-order valence-electron chi connectivity index (χ3n) is 7.55. The van der Waals surface area contributed by atoms with Gasteiger partial charge in [-0.25, -0.2) is 9.37 Å². The minimum Gasteiger partial charge on any atom is -0.353 e. The summed E-state index contributed by atoms with van der Waals surface area (Å²) in [5, 5.41) is 4.04. The summed E-state index contributed by atoms with van der Waals surface area (Å²) in [4.78, 5) is 24.3. The first-order valence-electron chi connectivity index (χ1n) is 13.2. The van der Waals surface area contributed by atoms with Crippen LogP contribution in [0.3, 0.4) is 0 Å². The van der Waals surface area contributed by atoms with Crippen molar-refractivity contribution in [2.75, 3.05) is 44.2 Å². The van der Waals surface area contributed by atoms with Crippen LogP contribution in [-0.2, 0) is 13.1 Å². The van der Waals surface area contributed by atoms with Gasteiger partial charge in [-0.05, 0) is 61.8 Å². The number of piperazine rings is 1. The Morgan fingerprint density at radius 3 is 2.41 bits per heavy atom. The van der Waals surface area contributed by atoms with Crippen LogP contribution in [0, 0.1) is 5.82 Å². The third-order valence-corrected chi connectivity index (χ3v) is 8.57. The molecule has 1 amide bonds. The van der Waals surface area contributed by atoms with Gasteiger partial charge in [0.15, 0.2) is 0 Å². The number of hydrogen-bond acceptors (Lipinski definition) is 5. The Hall–Kier alpha value is -2.23. The van der Waals surface area contributed by atoms with Crippen LogP contribution in [0.1, 0.15) is 35.8 Å². The molecule has 0 spiro atoms. The van der Waals surface area contributed by atoms with Crippen LogP contribution in [0.4, 0.5) is 10.2 Å². The lowest BCUT2D eigenvalue weighted by Crippen LogP contribution is -2.53. The fourth-order valence-electron chi connectivity index (χ4n) is 5.31. The molecule has 2 aliphatic heterocycles. The number of pyridine rings is 1. The molecule has 3 aromatic rings. The Labute approximate surface area is 248 Å². The number of likely N-dealkylation sites (tertiary alicyclic amines) is 1. The van der Waals surface area contributed by atoms with E-state index in [0.29, 0.717) is 34.7 Å². The summed E-state index contributed by atoms with van der Waals surface area (Å²) in [6, 6.07) is 14.9. The molecule has 1 N–H and O–H groups in total. The van der Waals surface area contributed by atoms with E-state index in [-0.39, 0.29) is 13.2 Å². The second-order valence-corrected chi connectivity index (χ2v) is 11.9. The molecule has 3 heterocycles. The quantitative estimate of drug-likeness (QED) is 0.332. The van der Waals surface area contributed by atoms with Gasteiger partial charge in [0.1, 0.15) is 11.6 Å².